The first-order valence-electron chi connectivity index (χ1n) is 15.9. The van der Waals surface area contributed by atoms with Gasteiger partial charge in [-0.1, -0.05) is 133 Å². The first kappa shape index (κ1) is 25.2. The molecule has 0 spiro atoms. The van der Waals surface area contributed by atoms with Crippen LogP contribution < -0.4 is 0 Å². The summed E-state index contributed by atoms with van der Waals surface area (Å²) in [4.78, 5) is 0. The summed E-state index contributed by atoms with van der Waals surface area (Å²) in [5.41, 5.74) is 9.74. The van der Waals surface area contributed by atoms with Gasteiger partial charge in [0, 0.05) is 38.0 Å². The molecule has 0 N–H and O–H groups in total. The van der Waals surface area contributed by atoms with Gasteiger partial charge in [0.05, 0.1) is 27.8 Å². The zero-order chi connectivity index (χ0) is 30.2. The van der Waals surface area contributed by atoms with Crippen LogP contribution in [0.1, 0.15) is 0 Å². The number of nitrogens with zero attached hydrogens (tertiary/aromatic N) is 2. The molecule has 2 aromatic heterocycles. The maximum atomic E-state index is 2.52. The van der Waals surface area contributed by atoms with Crippen LogP contribution in [0, 0.1) is 0 Å². The molecule has 2 heteroatoms. The minimum Gasteiger partial charge on any atom is -0.309 e. The highest BCUT2D eigenvalue weighted by molar-refractivity contribution is 6.23. The fourth-order valence-electron chi connectivity index (χ4n) is 7.79. The van der Waals surface area contributed by atoms with Gasteiger partial charge in [-0.3, -0.25) is 0 Å². The van der Waals surface area contributed by atoms with Crippen molar-refractivity contribution < 1.29 is 0 Å². The third-order valence-electron chi connectivity index (χ3n) is 9.67. The fourth-order valence-corrected chi connectivity index (χ4v) is 7.79. The first-order chi connectivity index (χ1) is 22.9. The molecule has 8 aromatic carbocycles. The van der Waals surface area contributed by atoms with E-state index in [4.69, 9.17) is 0 Å². The predicted molar refractivity (Wildman–Crippen MR) is 196 cm³/mol. The number of para-hydroxylation sites is 3. The van der Waals surface area contributed by atoms with E-state index in [9.17, 15) is 0 Å². The maximum Gasteiger partial charge on any atom is 0.0619 e. The Bertz CT molecular complexity index is 2730. The maximum absolute atomic E-state index is 2.52. The van der Waals surface area contributed by atoms with Crippen LogP contribution in [-0.2, 0) is 0 Å². The van der Waals surface area contributed by atoms with E-state index < -0.39 is 0 Å². The number of hydrogen-bond acceptors (Lipinski definition) is 0. The van der Waals surface area contributed by atoms with E-state index in [0.29, 0.717) is 0 Å². The lowest BCUT2D eigenvalue weighted by atomic mass is 9.90. The van der Waals surface area contributed by atoms with E-state index in [1.54, 1.807) is 0 Å². The van der Waals surface area contributed by atoms with Crippen LogP contribution in [0.5, 0.6) is 0 Å². The minimum atomic E-state index is 1.17. The van der Waals surface area contributed by atoms with E-state index in [-0.39, 0.29) is 0 Å². The van der Waals surface area contributed by atoms with Crippen molar-refractivity contribution in [3.05, 3.63) is 170 Å². The molecule has 0 aliphatic rings. The Hall–Kier alpha value is -6.12. The second kappa shape index (κ2) is 9.69. The zero-order valence-corrected chi connectivity index (χ0v) is 25.1. The quantitative estimate of drug-likeness (QED) is 0.183. The monoisotopic (exact) mass is 584 g/mol. The van der Waals surface area contributed by atoms with Gasteiger partial charge in [-0.2, -0.15) is 0 Å². The number of fused-ring (bicyclic) bond motifs is 8. The molecule has 0 amide bonds. The molecule has 0 bridgehead atoms. The second-order valence-corrected chi connectivity index (χ2v) is 12.1. The normalized spacial score (nSPS) is 11.9. The molecule has 0 unspecified atom stereocenters. The third-order valence-corrected chi connectivity index (χ3v) is 9.67. The van der Waals surface area contributed by atoms with Gasteiger partial charge in [-0.05, 0) is 58.3 Å². The summed E-state index contributed by atoms with van der Waals surface area (Å²) in [6, 6.07) is 61.9. The molecule has 0 aliphatic heterocycles. The summed E-state index contributed by atoms with van der Waals surface area (Å²) in [5, 5.41) is 10.1. The van der Waals surface area contributed by atoms with E-state index in [1.807, 2.05) is 0 Å². The van der Waals surface area contributed by atoms with Crippen molar-refractivity contribution in [2.24, 2.45) is 0 Å². The second-order valence-electron chi connectivity index (χ2n) is 12.1. The molecule has 2 heterocycles. The van der Waals surface area contributed by atoms with Crippen LogP contribution in [0.4, 0.5) is 0 Å². The van der Waals surface area contributed by atoms with Gasteiger partial charge >= 0.3 is 0 Å². The number of hydrogen-bond donors (Lipinski definition) is 0. The Kier molecular flexibility index (Phi) is 5.31. The van der Waals surface area contributed by atoms with Crippen LogP contribution in [0.3, 0.4) is 0 Å². The number of aromatic nitrogens is 2. The Balaban J connectivity index is 1.42. The molecule has 46 heavy (non-hydrogen) atoms. The van der Waals surface area contributed by atoms with E-state index in [1.165, 1.54) is 87.7 Å². The topological polar surface area (TPSA) is 9.86 Å². The molecule has 10 rings (SSSR count). The SMILES string of the molecule is c1ccc(-c2c3ccccc3c(-n3c4ccccc4c4cc5c6ccccc6n(-c6ccccc6)c5cc43)c3ccccc23)cc1. The summed E-state index contributed by atoms with van der Waals surface area (Å²) in [7, 11) is 0. The van der Waals surface area contributed by atoms with Crippen LogP contribution in [0.15, 0.2) is 170 Å². The standard InChI is InChI=1S/C44H28N2/c1-3-15-29(16-4-1)43-33-21-7-9-23-35(33)44(36-24-10-8-22-34(36)43)46-40-26-14-12-20-32(40)38-27-37-31-19-11-13-25-39(31)45(41(37)28-42(38)46)30-17-5-2-6-18-30/h1-28H. The predicted octanol–water partition coefficient (Wildman–Crippen LogP) is 11.9. The Morgan fingerprint density at radius 2 is 0.717 bits per heavy atom. The van der Waals surface area contributed by atoms with Gasteiger partial charge < -0.3 is 9.13 Å². The average Bonchev–Trinajstić information content (AvgIpc) is 3.62. The Morgan fingerprint density at radius 3 is 1.30 bits per heavy atom. The van der Waals surface area contributed by atoms with Gasteiger partial charge in [-0.25, -0.2) is 0 Å². The van der Waals surface area contributed by atoms with Crippen LogP contribution >= 0.6 is 0 Å². The highest BCUT2D eigenvalue weighted by Crippen LogP contribution is 2.45. The van der Waals surface area contributed by atoms with Crippen molar-refractivity contribution in [1.29, 1.82) is 0 Å². The van der Waals surface area contributed by atoms with Crippen LogP contribution in [0.25, 0.3) is 87.7 Å². The highest BCUT2D eigenvalue weighted by atomic mass is 15.0. The summed E-state index contributed by atoms with van der Waals surface area (Å²) >= 11 is 0. The van der Waals surface area contributed by atoms with Crippen molar-refractivity contribution in [2.45, 2.75) is 0 Å². The Morgan fingerprint density at radius 1 is 0.283 bits per heavy atom. The lowest BCUT2D eigenvalue weighted by molar-refractivity contribution is 1.17. The van der Waals surface area contributed by atoms with Crippen molar-refractivity contribution in [1.82, 2.24) is 9.13 Å². The molecule has 2 nitrogen and oxygen atoms in total. The van der Waals surface area contributed by atoms with Crippen molar-refractivity contribution in [2.75, 3.05) is 0 Å². The van der Waals surface area contributed by atoms with Gasteiger partial charge in [0.25, 0.3) is 0 Å². The van der Waals surface area contributed by atoms with Crippen LogP contribution in [-0.4, -0.2) is 9.13 Å². The molecular weight excluding hydrogens is 556 g/mol. The summed E-state index contributed by atoms with van der Waals surface area (Å²) in [5.74, 6) is 0. The third kappa shape index (κ3) is 3.47. The lowest BCUT2D eigenvalue weighted by Crippen LogP contribution is -1.99. The molecule has 0 aliphatic carbocycles. The molecule has 0 radical (unpaired) electrons. The number of benzene rings is 8. The molecule has 0 atom stereocenters. The number of rotatable bonds is 3. The largest absolute Gasteiger partial charge is 0.309 e. The van der Waals surface area contributed by atoms with Crippen molar-refractivity contribution in [3.8, 4) is 22.5 Å². The highest BCUT2D eigenvalue weighted by Gasteiger charge is 2.22. The minimum absolute atomic E-state index is 1.17. The van der Waals surface area contributed by atoms with Gasteiger partial charge in [0.15, 0.2) is 0 Å². The van der Waals surface area contributed by atoms with Gasteiger partial charge in [0.1, 0.15) is 0 Å². The lowest BCUT2D eigenvalue weighted by Gasteiger charge is -2.19. The molecule has 0 fully saturated rings. The summed E-state index contributed by atoms with van der Waals surface area (Å²) < 4.78 is 4.94. The van der Waals surface area contributed by atoms with Crippen molar-refractivity contribution >= 4 is 65.2 Å². The summed E-state index contributed by atoms with van der Waals surface area (Å²) in [6.45, 7) is 0. The van der Waals surface area contributed by atoms with Gasteiger partial charge in [-0.15, -0.1) is 0 Å². The average molecular weight is 585 g/mol. The van der Waals surface area contributed by atoms with Crippen LogP contribution in [0.2, 0.25) is 0 Å². The Labute approximate surface area is 266 Å². The fraction of sp³-hybridized carbons (Fsp3) is 0. The first-order valence-corrected chi connectivity index (χ1v) is 15.9. The van der Waals surface area contributed by atoms with Crippen molar-refractivity contribution in [3.63, 3.8) is 0 Å². The zero-order valence-electron chi connectivity index (χ0n) is 25.1. The van der Waals surface area contributed by atoms with E-state index >= 15 is 0 Å². The molecule has 0 saturated carbocycles. The molecular formula is C44H28N2. The molecule has 214 valence electrons. The smallest absolute Gasteiger partial charge is 0.0619 e. The van der Waals surface area contributed by atoms with E-state index in [0.717, 1.165) is 0 Å². The van der Waals surface area contributed by atoms with E-state index in [2.05, 4.69) is 179 Å². The summed E-state index contributed by atoms with van der Waals surface area (Å²) in [6.07, 6.45) is 0. The van der Waals surface area contributed by atoms with Gasteiger partial charge in [0.2, 0.25) is 0 Å². The molecule has 10 aromatic rings. The molecule has 0 saturated heterocycles.